The number of pyridine rings is 1. The lowest BCUT2D eigenvalue weighted by molar-refractivity contribution is 0.0593. The average molecular weight is 601 g/mol. The molecule has 0 radical (unpaired) electrons. The van der Waals surface area contributed by atoms with E-state index in [0.717, 1.165) is 34.8 Å². The van der Waals surface area contributed by atoms with Gasteiger partial charge in [-0.1, -0.05) is 6.92 Å². The standard InChI is InChI=1S/C29H38F2N8O2S/c1-6-29(40)11-12-38(18-29)25-10-7-20(16-32-25)27-35-28(37(2)36-27)34-21-8-9-22(24(30)15-21)23-17-33-39(26(23)31)19-41-13-14-42(3,4)5/h7-10,15-17,40H,6,11-14,18-19H2,1-5H3,(H,34,35,36). The van der Waals surface area contributed by atoms with Crippen LogP contribution in [0.2, 0.25) is 0 Å². The van der Waals surface area contributed by atoms with Crippen molar-refractivity contribution in [2.24, 2.45) is 7.05 Å². The molecule has 5 rings (SSSR count). The Labute approximate surface area is 246 Å². The van der Waals surface area contributed by atoms with E-state index in [1.807, 2.05) is 19.1 Å². The summed E-state index contributed by atoms with van der Waals surface area (Å²) in [6.45, 7) is 3.78. The van der Waals surface area contributed by atoms with E-state index in [1.165, 1.54) is 18.3 Å². The van der Waals surface area contributed by atoms with Gasteiger partial charge < -0.3 is 20.1 Å². The van der Waals surface area contributed by atoms with Crippen molar-refractivity contribution in [1.29, 1.82) is 0 Å². The molecule has 4 heterocycles. The first-order chi connectivity index (χ1) is 19.9. The minimum atomic E-state index is -0.708. The van der Waals surface area contributed by atoms with E-state index in [9.17, 15) is 9.50 Å². The average Bonchev–Trinajstić information content (AvgIpc) is 3.64. The third kappa shape index (κ3) is 6.74. The first kappa shape index (κ1) is 29.9. The minimum Gasteiger partial charge on any atom is -0.388 e. The maximum Gasteiger partial charge on any atom is 0.225 e. The van der Waals surface area contributed by atoms with Crippen molar-refractivity contribution in [2.45, 2.75) is 32.1 Å². The molecule has 0 amide bonds. The first-order valence-corrected chi connectivity index (χ1v) is 16.8. The van der Waals surface area contributed by atoms with Gasteiger partial charge in [-0.3, -0.25) is 0 Å². The van der Waals surface area contributed by atoms with Crippen molar-refractivity contribution >= 4 is 27.5 Å². The van der Waals surface area contributed by atoms with Gasteiger partial charge in [0.2, 0.25) is 11.9 Å². The number of hydrogen-bond acceptors (Lipinski definition) is 8. The summed E-state index contributed by atoms with van der Waals surface area (Å²) >= 11 is 0. The molecule has 3 aromatic heterocycles. The molecule has 226 valence electrons. The van der Waals surface area contributed by atoms with Gasteiger partial charge in [-0.25, -0.2) is 28.8 Å². The number of β-amino-alcohol motifs (C(OH)–C–C–N with tert-alkyl or cyclic N) is 1. The molecule has 1 aliphatic heterocycles. The number of benzene rings is 1. The molecular weight excluding hydrogens is 562 g/mol. The van der Waals surface area contributed by atoms with Crippen LogP contribution in [0, 0.1) is 11.8 Å². The summed E-state index contributed by atoms with van der Waals surface area (Å²) in [5.74, 6) is 1.32. The van der Waals surface area contributed by atoms with Gasteiger partial charge in [-0.2, -0.15) is 14.5 Å². The number of hydrogen-bond donors (Lipinski definition) is 2. The fraction of sp³-hybridized carbons (Fsp3) is 0.448. The van der Waals surface area contributed by atoms with Crippen molar-refractivity contribution < 1.29 is 18.6 Å². The maximum atomic E-state index is 15.1. The van der Waals surface area contributed by atoms with Crippen molar-refractivity contribution in [1.82, 2.24) is 29.5 Å². The number of aromatic nitrogens is 6. The molecule has 2 N–H and O–H groups in total. The topological polar surface area (TPSA) is 106 Å². The van der Waals surface area contributed by atoms with Crippen LogP contribution in [0.4, 0.5) is 26.2 Å². The number of nitrogens with one attached hydrogen (secondary N) is 1. The molecule has 1 atom stereocenters. The highest BCUT2D eigenvalue weighted by molar-refractivity contribution is 8.32. The number of halogens is 2. The van der Waals surface area contributed by atoms with Crippen LogP contribution in [0.5, 0.6) is 0 Å². The van der Waals surface area contributed by atoms with Gasteiger partial charge >= 0.3 is 0 Å². The van der Waals surface area contributed by atoms with Crippen molar-refractivity contribution in [3.63, 3.8) is 0 Å². The molecule has 1 unspecified atom stereocenters. The highest BCUT2D eigenvalue weighted by Gasteiger charge is 2.34. The Morgan fingerprint density at radius 1 is 1.12 bits per heavy atom. The second kappa shape index (κ2) is 12.0. The quantitative estimate of drug-likeness (QED) is 0.237. The van der Waals surface area contributed by atoms with E-state index < -0.39 is 27.4 Å². The Bertz CT molecular complexity index is 1540. The zero-order valence-corrected chi connectivity index (χ0v) is 25.5. The monoisotopic (exact) mass is 600 g/mol. The van der Waals surface area contributed by atoms with Crippen LogP contribution < -0.4 is 10.2 Å². The second-order valence-corrected chi connectivity index (χ2v) is 16.1. The summed E-state index contributed by atoms with van der Waals surface area (Å²) in [5, 5.41) is 22.1. The molecule has 1 fully saturated rings. The fourth-order valence-electron chi connectivity index (χ4n) is 4.70. The number of aliphatic hydroxyl groups is 1. The van der Waals surface area contributed by atoms with Crippen LogP contribution in [-0.4, -0.2) is 84.5 Å². The molecule has 1 aliphatic rings. The molecular formula is C29H38F2N8O2S. The molecule has 13 heteroatoms. The number of anilines is 3. The largest absolute Gasteiger partial charge is 0.388 e. The molecule has 4 aromatic rings. The first-order valence-electron chi connectivity index (χ1n) is 13.8. The summed E-state index contributed by atoms with van der Waals surface area (Å²) in [6.07, 6.45) is 11.0. The van der Waals surface area contributed by atoms with E-state index in [1.54, 1.807) is 24.0 Å². The third-order valence-corrected chi connectivity index (χ3v) is 8.82. The highest BCUT2D eigenvalue weighted by atomic mass is 32.3. The Hall–Kier alpha value is -3.55. The summed E-state index contributed by atoms with van der Waals surface area (Å²) in [5.41, 5.74) is 0.659. The molecule has 0 saturated carbocycles. The van der Waals surface area contributed by atoms with Gasteiger partial charge in [0.25, 0.3) is 0 Å². The SMILES string of the molecule is CCC1(O)CCN(c2ccc(-c3nc(Nc4ccc(-c5cnn(COCCS(C)(C)C)c5F)c(F)c4)n(C)n3)cn2)C1. The Morgan fingerprint density at radius 3 is 2.60 bits per heavy atom. The van der Waals surface area contributed by atoms with Gasteiger partial charge in [0.15, 0.2) is 5.82 Å². The van der Waals surface area contributed by atoms with Gasteiger partial charge in [0.1, 0.15) is 18.4 Å². The molecule has 0 bridgehead atoms. The Kier molecular flexibility index (Phi) is 8.53. The zero-order valence-electron chi connectivity index (χ0n) is 24.6. The number of ether oxygens (including phenoxy) is 1. The van der Waals surface area contributed by atoms with E-state index in [-0.39, 0.29) is 17.9 Å². The third-order valence-electron chi connectivity index (χ3n) is 7.43. The summed E-state index contributed by atoms with van der Waals surface area (Å²) in [7, 11) is 1.02. The molecule has 1 saturated heterocycles. The van der Waals surface area contributed by atoms with Crippen LogP contribution >= 0.6 is 10.0 Å². The van der Waals surface area contributed by atoms with Gasteiger partial charge in [0, 0.05) is 48.9 Å². The molecule has 10 nitrogen and oxygen atoms in total. The highest BCUT2D eigenvalue weighted by Crippen LogP contribution is 2.34. The Morgan fingerprint density at radius 2 is 1.93 bits per heavy atom. The van der Waals surface area contributed by atoms with Crippen LogP contribution in [0.15, 0.2) is 42.7 Å². The fourth-order valence-corrected chi connectivity index (χ4v) is 5.32. The zero-order chi connectivity index (χ0) is 30.1. The van der Waals surface area contributed by atoms with Crippen LogP contribution in [0.25, 0.3) is 22.5 Å². The predicted octanol–water partition coefficient (Wildman–Crippen LogP) is 4.78. The number of nitrogens with zero attached hydrogens (tertiary/aromatic N) is 7. The normalized spacial score (nSPS) is 17.7. The summed E-state index contributed by atoms with van der Waals surface area (Å²) < 4.78 is 38.3. The van der Waals surface area contributed by atoms with Crippen molar-refractivity contribution in [3.8, 4) is 22.5 Å². The smallest absolute Gasteiger partial charge is 0.225 e. The maximum absolute atomic E-state index is 15.1. The van der Waals surface area contributed by atoms with E-state index in [0.29, 0.717) is 37.0 Å². The van der Waals surface area contributed by atoms with Crippen molar-refractivity contribution in [2.75, 3.05) is 54.4 Å². The van der Waals surface area contributed by atoms with Crippen LogP contribution in [0.3, 0.4) is 0 Å². The Balaban J connectivity index is 1.24. The number of aryl methyl sites for hydroxylation is 1. The lowest BCUT2D eigenvalue weighted by Crippen LogP contribution is -2.32. The summed E-state index contributed by atoms with van der Waals surface area (Å²) in [4.78, 5) is 11.2. The van der Waals surface area contributed by atoms with Crippen LogP contribution in [0.1, 0.15) is 19.8 Å². The van der Waals surface area contributed by atoms with E-state index in [4.69, 9.17) is 4.74 Å². The lowest BCUT2D eigenvalue weighted by Gasteiger charge is -2.24. The van der Waals surface area contributed by atoms with Gasteiger partial charge in [0.05, 0.1) is 24.0 Å². The lowest BCUT2D eigenvalue weighted by atomic mass is 10.0. The molecule has 0 aliphatic carbocycles. The second-order valence-electron chi connectivity index (χ2n) is 11.5. The summed E-state index contributed by atoms with van der Waals surface area (Å²) in [6, 6.07) is 8.23. The predicted molar refractivity (Wildman–Crippen MR) is 163 cm³/mol. The van der Waals surface area contributed by atoms with E-state index >= 15 is 4.39 Å². The molecule has 1 aromatic carbocycles. The van der Waals surface area contributed by atoms with Gasteiger partial charge in [-0.15, -0.1) is 5.10 Å². The molecule has 42 heavy (non-hydrogen) atoms. The van der Waals surface area contributed by atoms with Crippen molar-refractivity contribution in [3.05, 3.63) is 54.5 Å². The molecule has 0 spiro atoms. The number of rotatable bonds is 11. The van der Waals surface area contributed by atoms with E-state index in [2.05, 4.69) is 49.1 Å². The minimum absolute atomic E-state index is 0.0319. The van der Waals surface area contributed by atoms with Gasteiger partial charge in [-0.05, 0) is 61.9 Å². The van der Waals surface area contributed by atoms with Crippen LogP contribution in [-0.2, 0) is 18.5 Å².